The monoisotopic (exact) mass is 205 g/mol. The van der Waals surface area contributed by atoms with E-state index in [1.54, 1.807) is 11.8 Å². The van der Waals surface area contributed by atoms with E-state index in [-0.39, 0.29) is 0 Å². The van der Waals surface area contributed by atoms with E-state index < -0.39 is 0 Å². The van der Waals surface area contributed by atoms with Crippen LogP contribution in [0.1, 0.15) is 30.4 Å². The van der Waals surface area contributed by atoms with Crippen molar-refractivity contribution in [1.29, 1.82) is 0 Å². The molecular formula is C12H15NS. The molecule has 0 aromatic heterocycles. The van der Waals surface area contributed by atoms with Crippen molar-refractivity contribution in [3.05, 3.63) is 35.4 Å². The quantitative estimate of drug-likeness (QED) is 0.685. The van der Waals surface area contributed by atoms with E-state index >= 15 is 0 Å². The maximum Gasteiger partial charge on any atom is 0.0977 e. The third kappa shape index (κ3) is 1.59. The molecule has 1 heterocycles. The van der Waals surface area contributed by atoms with Crippen molar-refractivity contribution < 1.29 is 0 Å². The lowest BCUT2D eigenvalue weighted by Crippen LogP contribution is -2.14. The molecule has 2 rings (SSSR count). The molecule has 1 unspecified atom stereocenters. The predicted octanol–water partition coefficient (Wildman–Crippen LogP) is 3.30. The molecule has 1 aromatic rings. The molecular weight excluding hydrogens is 190 g/mol. The molecule has 0 saturated carbocycles. The topological polar surface area (TPSA) is 12.4 Å². The lowest BCUT2D eigenvalue weighted by molar-refractivity contribution is 0.667. The summed E-state index contributed by atoms with van der Waals surface area (Å²) in [6.07, 6.45) is 3.28. The van der Waals surface area contributed by atoms with Gasteiger partial charge < -0.3 is 0 Å². The van der Waals surface area contributed by atoms with Gasteiger partial charge >= 0.3 is 0 Å². The Labute approximate surface area is 89.6 Å². The summed E-state index contributed by atoms with van der Waals surface area (Å²) in [6.45, 7) is 3.20. The standard InChI is InChI=1S/C12H15NS/c1-3-9-8-13-12(14-2)11-7-5-4-6-10(9)11/h4-7,9H,3,8H2,1-2H3. The highest BCUT2D eigenvalue weighted by molar-refractivity contribution is 8.13. The maximum atomic E-state index is 4.62. The first kappa shape index (κ1) is 9.78. The van der Waals surface area contributed by atoms with Crippen LogP contribution in [0.15, 0.2) is 29.3 Å². The first-order valence-corrected chi connectivity index (χ1v) is 6.27. The first-order valence-electron chi connectivity index (χ1n) is 5.04. The van der Waals surface area contributed by atoms with E-state index in [1.165, 1.54) is 22.6 Å². The number of fused-ring (bicyclic) bond motifs is 1. The van der Waals surface area contributed by atoms with Crippen molar-refractivity contribution >= 4 is 16.8 Å². The number of thioether (sulfide) groups is 1. The van der Waals surface area contributed by atoms with Gasteiger partial charge in [-0.15, -0.1) is 11.8 Å². The van der Waals surface area contributed by atoms with Crippen LogP contribution >= 0.6 is 11.8 Å². The summed E-state index contributed by atoms with van der Waals surface area (Å²) in [4.78, 5) is 4.62. The van der Waals surface area contributed by atoms with Crippen LogP contribution in [0.2, 0.25) is 0 Å². The van der Waals surface area contributed by atoms with E-state index in [0.29, 0.717) is 5.92 Å². The molecule has 0 spiro atoms. The lowest BCUT2D eigenvalue weighted by Gasteiger charge is -2.22. The van der Waals surface area contributed by atoms with Gasteiger partial charge in [0.15, 0.2) is 0 Å². The normalized spacial score (nSPS) is 20.1. The van der Waals surface area contributed by atoms with Gasteiger partial charge in [-0.2, -0.15) is 0 Å². The third-order valence-corrected chi connectivity index (χ3v) is 3.51. The van der Waals surface area contributed by atoms with Gasteiger partial charge in [0.1, 0.15) is 0 Å². The van der Waals surface area contributed by atoms with Crippen LogP contribution in [0.3, 0.4) is 0 Å². The SMILES string of the molecule is CCC1CN=C(SC)c2ccccc21. The summed E-state index contributed by atoms with van der Waals surface area (Å²) in [5.74, 6) is 0.627. The fourth-order valence-corrected chi connectivity index (χ4v) is 2.56. The largest absolute Gasteiger partial charge is 0.277 e. The zero-order valence-corrected chi connectivity index (χ0v) is 9.47. The maximum absolute atomic E-state index is 4.62. The highest BCUT2D eigenvalue weighted by atomic mass is 32.2. The number of hydrogen-bond donors (Lipinski definition) is 0. The van der Waals surface area contributed by atoms with Crippen LogP contribution < -0.4 is 0 Å². The van der Waals surface area contributed by atoms with Gasteiger partial charge in [-0.1, -0.05) is 31.2 Å². The Morgan fingerprint density at radius 3 is 2.93 bits per heavy atom. The molecule has 0 radical (unpaired) electrons. The smallest absolute Gasteiger partial charge is 0.0977 e. The minimum atomic E-state index is 0.627. The molecule has 0 N–H and O–H groups in total. The molecule has 0 amide bonds. The van der Waals surface area contributed by atoms with Crippen LogP contribution in [0.25, 0.3) is 0 Å². The fraction of sp³-hybridized carbons (Fsp3) is 0.417. The number of hydrogen-bond acceptors (Lipinski definition) is 2. The number of benzene rings is 1. The first-order chi connectivity index (χ1) is 6.86. The molecule has 0 fully saturated rings. The van der Waals surface area contributed by atoms with E-state index in [1.807, 2.05) is 0 Å². The minimum Gasteiger partial charge on any atom is -0.277 e. The van der Waals surface area contributed by atoms with Crippen molar-refractivity contribution in [2.75, 3.05) is 12.8 Å². The van der Waals surface area contributed by atoms with Gasteiger partial charge in [0.2, 0.25) is 0 Å². The summed E-state index contributed by atoms with van der Waals surface area (Å²) >= 11 is 1.75. The molecule has 74 valence electrons. The van der Waals surface area contributed by atoms with Crippen molar-refractivity contribution in [2.45, 2.75) is 19.3 Å². The predicted molar refractivity (Wildman–Crippen MR) is 64.4 cm³/mol. The van der Waals surface area contributed by atoms with Gasteiger partial charge in [0.05, 0.1) is 5.04 Å². The molecule has 14 heavy (non-hydrogen) atoms. The van der Waals surface area contributed by atoms with E-state index in [0.717, 1.165) is 6.54 Å². The Morgan fingerprint density at radius 2 is 2.21 bits per heavy atom. The molecule has 0 aliphatic carbocycles. The summed E-state index contributed by atoms with van der Waals surface area (Å²) in [5, 5.41) is 1.20. The Bertz CT molecular complexity index is 357. The van der Waals surface area contributed by atoms with Crippen LogP contribution in [0.5, 0.6) is 0 Å². The Balaban J connectivity index is 2.47. The van der Waals surface area contributed by atoms with Gasteiger partial charge in [0, 0.05) is 18.0 Å². The van der Waals surface area contributed by atoms with E-state index in [4.69, 9.17) is 0 Å². The second-order valence-electron chi connectivity index (χ2n) is 3.54. The fourth-order valence-electron chi connectivity index (χ4n) is 1.95. The zero-order valence-electron chi connectivity index (χ0n) is 8.66. The molecule has 2 heteroatoms. The molecule has 1 atom stereocenters. The van der Waals surface area contributed by atoms with Crippen molar-refractivity contribution in [3.8, 4) is 0 Å². The number of nitrogens with zero attached hydrogens (tertiary/aromatic N) is 1. The van der Waals surface area contributed by atoms with Gasteiger partial charge in [-0.3, -0.25) is 4.99 Å². The van der Waals surface area contributed by atoms with Crippen LogP contribution in [-0.2, 0) is 0 Å². The average Bonchev–Trinajstić information content (AvgIpc) is 2.27. The Kier molecular flexibility index (Phi) is 2.92. The third-order valence-electron chi connectivity index (χ3n) is 2.77. The lowest BCUT2D eigenvalue weighted by atomic mass is 9.90. The molecule has 1 aromatic carbocycles. The van der Waals surface area contributed by atoms with E-state index in [2.05, 4.69) is 42.4 Å². The van der Waals surface area contributed by atoms with Gasteiger partial charge in [-0.05, 0) is 18.2 Å². The second kappa shape index (κ2) is 4.18. The van der Waals surface area contributed by atoms with Gasteiger partial charge in [0.25, 0.3) is 0 Å². The number of aliphatic imine (C=N–C) groups is 1. The summed E-state index contributed by atoms with van der Waals surface area (Å²) < 4.78 is 0. The van der Waals surface area contributed by atoms with Crippen LogP contribution in [0, 0.1) is 0 Å². The highest BCUT2D eigenvalue weighted by Gasteiger charge is 2.20. The molecule has 0 saturated heterocycles. The van der Waals surface area contributed by atoms with E-state index in [9.17, 15) is 0 Å². The van der Waals surface area contributed by atoms with Gasteiger partial charge in [-0.25, -0.2) is 0 Å². The molecule has 1 aliphatic rings. The molecule has 1 nitrogen and oxygen atoms in total. The Morgan fingerprint density at radius 1 is 1.43 bits per heavy atom. The summed E-state index contributed by atoms with van der Waals surface area (Å²) in [7, 11) is 0. The zero-order chi connectivity index (χ0) is 9.97. The highest BCUT2D eigenvalue weighted by Crippen LogP contribution is 2.30. The Hall–Kier alpha value is -0.760. The van der Waals surface area contributed by atoms with Crippen LogP contribution in [0.4, 0.5) is 0 Å². The summed E-state index contributed by atoms with van der Waals surface area (Å²) in [5.41, 5.74) is 2.83. The summed E-state index contributed by atoms with van der Waals surface area (Å²) in [6, 6.07) is 8.66. The number of rotatable bonds is 1. The molecule has 0 bridgehead atoms. The van der Waals surface area contributed by atoms with Crippen LogP contribution in [-0.4, -0.2) is 17.8 Å². The van der Waals surface area contributed by atoms with Crippen molar-refractivity contribution in [1.82, 2.24) is 0 Å². The molecule has 1 aliphatic heterocycles. The van der Waals surface area contributed by atoms with Crippen molar-refractivity contribution in [2.24, 2.45) is 4.99 Å². The minimum absolute atomic E-state index is 0.627. The second-order valence-corrected chi connectivity index (χ2v) is 4.34. The average molecular weight is 205 g/mol. The van der Waals surface area contributed by atoms with Crippen molar-refractivity contribution in [3.63, 3.8) is 0 Å².